The number of carbonyl (C=O) groups excluding carboxylic acids is 2. The van der Waals surface area contributed by atoms with Crippen LogP contribution in [0.1, 0.15) is 28.0 Å². The Kier molecular flexibility index (Phi) is 5.76. The largest absolute Gasteiger partial charge is 0.496 e. The van der Waals surface area contributed by atoms with Gasteiger partial charge < -0.3 is 23.7 Å². The molecule has 4 heterocycles. The van der Waals surface area contributed by atoms with Crippen LogP contribution in [-0.4, -0.2) is 76.5 Å². The minimum absolute atomic E-state index is 0.0833. The molecular weight excluding hydrogens is 512 g/mol. The summed E-state index contributed by atoms with van der Waals surface area (Å²) in [4.78, 5) is 35.3. The molecule has 9 heteroatoms. The van der Waals surface area contributed by atoms with Crippen LogP contribution in [0.25, 0.3) is 5.65 Å². The number of imidazole rings is 1. The summed E-state index contributed by atoms with van der Waals surface area (Å²) < 4.78 is 14.3. The Morgan fingerprint density at radius 3 is 2.97 bits per heavy atom. The van der Waals surface area contributed by atoms with E-state index in [4.69, 9.17) is 9.47 Å². The van der Waals surface area contributed by atoms with E-state index >= 15 is 0 Å². The maximum Gasteiger partial charge on any atom is 0.274 e. The number of hydrogen-bond donors (Lipinski definition) is 0. The van der Waals surface area contributed by atoms with E-state index in [1.54, 1.807) is 13.3 Å². The van der Waals surface area contributed by atoms with Crippen LogP contribution in [0.15, 0.2) is 47.2 Å². The molecule has 0 N–H and O–H groups in total. The van der Waals surface area contributed by atoms with Gasteiger partial charge >= 0.3 is 0 Å². The number of fused-ring (bicyclic) bond motifs is 3. The van der Waals surface area contributed by atoms with Crippen molar-refractivity contribution in [2.75, 3.05) is 33.4 Å². The molecule has 35 heavy (non-hydrogen) atoms. The first kappa shape index (κ1) is 22.5. The molecule has 3 aliphatic rings. The van der Waals surface area contributed by atoms with Crippen molar-refractivity contribution >= 4 is 33.4 Å². The van der Waals surface area contributed by atoms with E-state index in [1.807, 2.05) is 44.7 Å². The Hall–Kier alpha value is -2.91. The molecule has 1 aromatic carbocycles. The van der Waals surface area contributed by atoms with Gasteiger partial charge in [-0.3, -0.25) is 9.59 Å². The van der Waals surface area contributed by atoms with Gasteiger partial charge in [0.05, 0.1) is 25.9 Å². The molecule has 0 saturated carbocycles. The number of nitrogens with zero attached hydrogens (tertiary/aromatic N) is 4. The lowest BCUT2D eigenvalue weighted by Crippen LogP contribution is -2.53. The summed E-state index contributed by atoms with van der Waals surface area (Å²) in [6.07, 6.45) is 5.84. The fraction of sp³-hybridized carbons (Fsp3) is 0.423. The Labute approximate surface area is 211 Å². The summed E-state index contributed by atoms with van der Waals surface area (Å²) in [6, 6.07) is 9.72. The zero-order valence-corrected chi connectivity index (χ0v) is 21.1. The van der Waals surface area contributed by atoms with Crippen LogP contribution in [-0.2, 0) is 22.4 Å². The third-order valence-corrected chi connectivity index (χ3v) is 8.02. The molecule has 2 aliphatic heterocycles. The van der Waals surface area contributed by atoms with E-state index in [1.165, 1.54) is 5.56 Å². The van der Waals surface area contributed by atoms with Gasteiger partial charge in [0.2, 0.25) is 5.91 Å². The lowest BCUT2D eigenvalue weighted by Gasteiger charge is -2.36. The minimum atomic E-state index is -0.173. The molecule has 1 unspecified atom stereocenters. The maximum absolute atomic E-state index is 13.6. The van der Waals surface area contributed by atoms with Crippen molar-refractivity contribution in [3.8, 4) is 5.75 Å². The van der Waals surface area contributed by atoms with Crippen molar-refractivity contribution in [3.63, 3.8) is 0 Å². The van der Waals surface area contributed by atoms with Gasteiger partial charge in [-0.25, -0.2) is 4.98 Å². The molecule has 6 rings (SSSR count). The molecule has 2 aromatic heterocycles. The van der Waals surface area contributed by atoms with E-state index in [0.717, 1.165) is 28.6 Å². The maximum atomic E-state index is 13.6. The van der Waals surface area contributed by atoms with Crippen molar-refractivity contribution in [2.45, 2.75) is 31.4 Å². The average molecular weight is 539 g/mol. The second-order valence-electron chi connectivity index (χ2n) is 9.49. The lowest BCUT2D eigenvalue weighted by atomic mass is 9.82. The molecule has 182 valence electrons. The number of halogens is 1. The van der Waals surface area contributed by atoms with Crippen molar-refractivity contribution in [1.29, 1.82) is 0 Å². The van der Waals surface area contributed by atoms with Crippen LogP contribution in [0.4, 0.5) is 0 Å². The predicted molar refractivity (Wildman–Crippen MR) is 133 cm³/mol. The van der Waals surface area contributed by atoms with Gasteiger partial charge in [-0.2, -0.15) is 0 Å². The molecule has 0 spiro atoms. The molecule has 3 atom stereocenters. The van der Waals surface area contributed by atoms with Gasteiger partial charge in [0.1, 0.15) is 17.1 Å². The van der Waals surface area contributed by atoms with Gasteiger partial charge in [0.15, 0.2) is 0 Å². The summed E-state index contributed by atoms with van der Waals surface area (Å²) in [5.74, 6) is 0.799. The molecule has 8 nitrogen and oxygen atoms in total. The number of likely N-dealkylation sites (tertiary alicyclic amines) is 1. The first-order valence-electron chi connectivity index (χ1n) is 12.0. The first-order chi connectivity index (χ1) is 17.0. The Bertz CT molecular complexity index is 1290. The highest BCUT2D eigenvalue weighted by Crippen LogP contribution is 2.34. The van der Waals surface area contributed by atoms with Crippen LogP contribution in [0.3, 0.4) is 0 Å². The second kappa shape index (κ2) is 8.95. The molecule has 0 bridgehead atoms. The Morgan fingerprint density at radius 1 is 1.23 bits per heavy atom. The van der Waals surface area contributed by atoms with Crippen LogP contribution < -0.4 is 4.74 Å². The monoisotopic (exact) mass is 538 g/mol. The van der Waals surface area contributed by atoms with Crippen molar-refractivity contribution in [1.82, 2.24) is 19.2 Å². The van der Waals surface area contributed by atoms with Gasteiger partial charge in [-0.05, 0) is 48.6 Å². The summed E-state index contributed by atoms with van der Waals surface area (Å²) >= 11 is 3.45. The smallest absolute Gasteiger partial charge is 0.274 e. The van der Waals surface area contributed by atoms with E-state index in [9.17, 15) is 9.59 Å². The standard InChI is InChI=1S/C26H27BrN4O4/c1-34-22-4-2-3-16-5-6-17(11-19(16)22)25(32)30-14-21-23(15-30)35-10-9-31(21)26(33)20-13-29-8-7-18(27)12-24(29)28-20/h2-4,7-8,12-13,17,21,23H,5-6,9-11,14-15H2,1H3/t17?,21-,23+/m0/s1. The van der Waals surface area contributed by atoms with Crippen molar-refractivity contribution in [2.24, 2.45) is 5.92 Å². The number of aryl methyl sites for hydroxylation is 1. The van der Waals surface area contributed by atoms with Crippen molar-refractivity contribution in [3.05, 3.63) is 64.0 Å². The van der Waals surface area contributed by atoms with E-state index in [0.29, 0.717) is 44.0 Å². The first-order valence-corrected chi connectivity index (χ1v) is 12.8. The van der Waals surface area contributed by atoms with E-state index < -0.39 is 0 Å². The number of methoxy groups -OCH3 is 1. The number of hydrogen-bond acceptors (Lipinski definition) is 5. The second-order valence-corrected chi connectivity index (χ2v) is 10.4. The normalized spacial score (nSPS) is 23.8. The predicted octanol–water partition coefficient (Wildman–Crippen LogP) is 2.96. The number of rotatable bonds is 3. The molecule has 1 aliphatic carbocycles. The fourth-order valence-corrected chi connectivity index (χ4v) is 6.07. The Balaban J connectivity index is 1.19. The van der Waals surface area contributed by atoms with E-state index in [2.05, 4.69) is 27.0 Å². The third-order valence-electron chi connectivity index (χ3n) is 7.53. The average Bonchev–Trinajstić information content (AvgIpc) is 3.51. The summed E-state index contributed by atoms with van der Waals surface area (Å²) in [7, 11) is 1.68. The quantitative estimate of drug-likeness (QED) is 0.512. The highest BCUT2D eigenvalue weighted by molar-refractivity contribution is 9.10. The highest BCUT2D eigenvalue weighted by Gasteiger charge is 2.45. The molecule has 3 aromatic rings. The zero-order valence-electron chi connectivity index (χ0n) is 19.5. The highest BCUT2D eigenvalue weighted by atomic mass is 79.9. The summed E-state index contributed by atoms with van der Waals surface area (Å²) in [5.41, 5.74) is 3.53. The van der Waals surface area contributed by atoms with E-state index in [-0.39, 0.29) is 29.9 Å². The van der Waals surface area contributed by atoms with Crippen LogP contribution in [0.5, 0.6) is 5.75 Å². The fourth-order valence-electron chi connectivity index (χ4n) is 5.74. The number of aromatic nitrogens is 2. The molecule has 2 saturated heterocycles. The summed E-state index contributed by atoms with van der Waals surface area (Å²) in [6.45, 7) is 1.96. The SMILES string of the molecule is COc1cccc2c1CC(C(=O)N1C[C@H]3OCCN(C(=O)c4cn5ccc(Br)cc5n4)[C@H]3C1)CC2. The van der Waals surface area contributed by atoms with Gasteiger partial charge in [0.25, 0.3) is 5.91 Å². The van der Waals surface area contributed by atoms with Crippen LogP contribution in [0, 0.1) is 5.92 Å². The number of benzene rings is 1. The molecular formula is C26H27BrN4O4. The summed E-state index contributed by atoms with van der Waals surface area (Å²) in [5, 5.41) is 0. The molecule has 2 fully saturated rings. The number of carbonyl (C=O) groups is 2. The van der Waals surface area contributed by atoms with Gasteiger partial charge in [-0.1, -0.05) is 28.1 Å². The van der Waals surface area contributed by atoms with Crippen LogP contribution in [0.2, 0.25) is 0 Å². The molecule has 2 amide bonds. The van der Waals surface area contributed by atoms with Gasteiger partial charge in [-0.15, -0.1) is 0 Å². The Morgan fingerprint density at radius 2 is 2.11 bits per heavy atom. The number of pyridine rings is 1. The van der Waals surface area contributed by atoms with Crippen molar-refractivity contribution < 1.29 is 19.1 Å². The number of morpholine rings is 1. The number of ether oxygens (including phenoxy) is 2. The van der Waals surface area contributed by atoms with Crippen LogP contribution >= 0.6 is 15.9 Å². The minimum Gasteiger partial charge on any atom is -0.496 e. The topological polar surface area (TPSA) is 76.4 Å². The third kappa shape index (κ3) is 4.00. The number of amides is 2. The van der Waals surface area contributed by atoms with Gasteiger partial charge in [0, 0.05) is 42.4 Å². The zero-order chi connectivity index (χ0) is 24.1. The molecule has 0 radical (unpaired) electrons. The lowest BCUT2D eigenvalue weighted by molar-refractivity contribution is -0.135.